The number of hydrogen-bond donors (Lipinski definition) is 21. The van der Waals surface area contributed by atoms with Crippen molar-refractivity contribution in [3.05, 3.63) is 0 Å². The van der Waals surface area contributed by atoms with Crippen molar-refractivity contribution in [3.63, 3.8) is 0 Å². The Balaban J connectivity index is 1.01. The van der Waals surface area contributed by atoms with Crippen LogP contribution >= 0.6 is 0 Å². The van der Waals surface area contributed by atoms with Gasteiger partial charge in [0.1, 0.15) is 171 Å². The van der Waals surface area contributed by atoms with E-state index in [1.54, 1.807) is 0 Å². The molecule has 0 unspecified atom stereocenters. The summed E-state index contributed by atoms with van der Waals surface area (Å²) in [5.74, 6) is 0. The predicted octanol–water partition coefficient (Wildman–Crippen LogP) is -15.2. The maximum atomic E-state index is 10.8. The summed E-state index contributed by atoms with van der Waals surface area (Å²) in [5.41, 5.74) is 0. The fourth-order valence-corrected chi connectivity index (χ4v) is 9.67. The first-order chi connectivity index (χ1) is 36.4. The summed E-state index contributed by atoms with van der Waals surface area (Å²) in [6.45, 7) is -5.73. The van der Waals surface area contributed by atoms with Crippen LogP contribution < -0.4 is 0 Å². The number of aliphatic hydroxyl groups is 21. The van der Waals surface area contributed by atoms with Crippen molar-refractivity contribution >= 4 is 0 Å². The van der Waals surface area contributed by atoms with E-state index < -0.39 is 261 Å². The van der Waals surface area contributed by atoms with E-state index in [1.165, 1.54) is 0 Å². The summed E-state index contributed by atoms with van der Waals surface area (Å²) in [6.07, 6.45) is -66.7. The highest BCUT2D eigenvalue weighted by Crippen LogP contribution is 2.33. The normalized spacial score (nSPS) is 56.5. The second kappa shape index (κ2) is 26.0. The fourth-order valence-electron chi connectivity index (χ4n) is 9.67. The molecule has 8 heterocycles. The maximum absolute atomic E-state index is 10.8. The standard InChI is InChI=1S/C42H70O35/c43-15-8-1-64-36-29(57)23(51)16(44)9(72-36)2-66-38-31(59)25(53)18(46)11(74-38)4-68-40-33(61)27(55)20(48)13(76-40)6-70-42-35(63)28(56)21(49)14(77-42)7-69-41-34(62)26(54)19(47)12(75-41)5-67-39-32(60)24(52)17(45)10(73-39)3-65-37(71-8)30(58)22(15)50/h8-63H,1-7H2/t8-,9-,10-,11-,12-,13-,14-,15-,16-,17-,18-,19-,20-,21-,22+,23+,24+,25+,26+,27+,28+,29-,30-,31-,32-,33-,34-,35-,36+,37+,38+,39+,40+,41+,42+/m1/s1. The number of aliphatic hydroxyl groups excluding tert-OH is 21. The zero-order valence-corrected chi connectivity index (χ0v) is 40.3. The van der Waals surface area contributed by atoms with Crippen LogP contribution in [0.15, 0.2) is 0 Å². The molecular formula is C42H70O35. The quantitative estimate of drug-likeness (QED) is 0.107. The molecule has 0 spiro atoms. The van der Waals surface area contributed by atoms with Gasteiger partial charge in [0.2, 0.25) is 0 Å². The first kappa shape index (κ1) is 61.7. The highest BCUT2D eigenvalue weighted by molar-refractivity contribution is 4.97. The van der Waals surface area contributed by atoms with Crippen LogP contribution in [-0.4, -0.2) is 368 Å². The SMILES string of the molecule is O[C@@H]1[C@@H](O)[C@H]2OC[C@H]3O[C@H](OC[C@H]4O[C@H](OC[C@H]5O[C@H](OC[C@H]6O[C@H](OC[C@H]7O[C@H](OC[C@H]8O[C@H](OC[C@@H](O2)[C@H]1O)[C@H](O)[C@@H](O)[C@@H]8O)[C@H](O)[C@@H](O)[C@@H]7O)[C@H](O)[C@@H](O)[C@@H]6O)[C@H](O)[C@@H](O)[C@@H]5O)[C@H](O)[C@@H](O)[C@@H]4O)[C@H](O)[C@@H](O)[C@@H]3O. The van der Waals surface area contributed by atoms with E-state index in [2.05, 4.69) is 0 Å². The molecule has 0 aromatic carbocycles. The molecule has 0 radical (unpaired) electrons. The van der Waals surface area contributed by atoms with Crippen LogP contribution in [0, 0.1) is 0 Å². The third-order valence-electron chi connectivity index (χ3n) is 14.7. The van der Waals surface area contributed by atoms with Gasteiger partial charge in [-0.3, -0.25) is 0 Å². The zero-order valence-electron chi connectivity index (χ0n) is 40.3. The Morgan fingerprint density at radius 1 is 0.143 bits per heavy atom. The Bertz CT molecular complexity index is 1370. The molecule has 0 aromatic heterocycles. The molecule has 21 N–H and O–H groups in total. The van der Waals surface area contributed by atoms with Crippen LogP contribution in [-0.2, 0) is 66.3 Å². The Kier molecular flexibility index (Phi) is 20.8. The molecule has 8 saturated heterocycles. The molecule has 8 aliphatic heterocycles. The minimum atomic E-state index is -2.04. The van der Waals surface area contributed by atoms with Gasteiger partial charge in [-0.2, -0.15) is 0 Å². The van der Waals surface area contributed by atoms with Crippen molar-refractivity contribution in [1.29, 1.82) is 0 Å². The number of hydrogen-bond acceptors (Lipinski definition) is 35. The molecule has 448 valence electrons. The highest BCUT2D eigenvalue weighted by Gasteiger charge is 2.54. The average molecular weight is 1130 g/mol. The summed E-state index contributed by atoms with van der Waals surface area (Å²) in [5, 5.41) is 226. The van der Waals surface area contributed by atoms with Gasteiger partial charge in [-0.05, 0) is 0 Å². The molecule has 0 saturated carbocycles. The summed E-state index contributed by atoms with van der Waals surface area (Å²) in [4.78, 5) is 0. The Morgan fingerprint density at radius 3 is 0.351 bits per heavy atom. The van der Waals surface area contributed by atoms with Crippen molar-refractivity contribution in [2.75, 3.05) is 46.2 Å². The average Bonchev–Trinajstić information content (AvgIpc) is 3.43. The second-order valence-corrected chi connectivity index (χ2v) is 19.9. The zero-order chi connectivity index (χ0) is 56.1. The first-order valence-electron chi connectivity index (χ1n) is 24.6. The van der Waals surface area contributed by atoms with Crippen LogP contribution in [0.3, 0.4) is 0 Å². The highest BCUT2D eigenvalue weighted by atomic mass is 16.8. The third kappa shape index (κ3) is 13.0. The van der Waals surface area contributed by atoms with E-state index in [0.29, 0.717) is 0 Å². The number of ether oxygens (including phenoxy) is 14. The summed E-state index contributed by atoms with van der Waals surface area (Å²) in [6, 6.07) is 0. The molecular weight excluding hydrogens is 1060 g/mol. The van der Waals surface area contributed by atoms with Gasteiger partial charge < -0.3 is 174 Å². The smallest absolute Gasteiger partial charge is 0.186 e. The molecule has 0 amide bonds. The first-order valence-corrected chi connectivity index (χ1v) is 24.6. The largest absolute Gasteiger partial charge is 0.387 e. The van der Waals surface area contributed by atoms with Crippen LogP contribution in [0.5, 0.6) is 0 Å². The van der Waals surface area contributed by atoms with Gasteiger partial charge >= 0.3 is 0 Å². The molecule has 35 heteroatoms. The van der Waals surface area contributed by atoms with Crippen molar-refractivity contribution in [2.45, 2.75) is 215 Å². The molecule has 8 rings (SSSR count). The number of rotatable bonds is 0. The molecule has 77 heavy (non-hydrogen) atoms. The van der Waals surface area contributed by atoms with Gasteiger partial charge in [0.05, 0.1) is 46.2 Å². The summed E-state index contributed by atoms with van der Waals surface area (Å²) in [7, 11) is 0. The summed E-state index contributed by atoms with van der Waals surface area (Å²) >= 11 is 0. The van der Waals surface area contributed by atoms with Gasteiger partial charge in [0.15, 0.2) is 44.0 Å². The molecule has 8 fully saturated rings. The second-order valence-electron chi connectivity index (χ2n) is 19.9. The van der Waals surface area contributed by atoms with Crippen molar-refractivity contribution in [3.8, 4) is 0 Å². The minimum Gasteiger partial charge on any atom is -0.387 e. The van der Waals surface area contributed by atoms with Crippen molar-refractivity contribution < 1.29 is 174 Å². The van der Waals surface area contributed by atoms with Gasteiger partial charge in [0.25, 0.3) is 0 Å². The summed E-state index contributed by atoms with van der Waals surface area (Å²) < 4.78 is 78.4. The van der Waals surface area contributed by atoms with Gasteiger partial charge in [-0.1, -0.05) is 0 Å². The van der Waals surface area contributed by atoms with E-state index in [4.69, 9.17) is 66.3 Å². The van der Waals surface area contributed by atoms with E-state index in [9.17, 15) is 107 Å². The van der Waals surface area contributed by atoms with E-state index in [1.807, 2.05) is 0 Å². The minimum absolute atomic E-state index is 0.818. The Morgan fingerprint density at radius 2 is 0.247 bits per heavy atom. The lowest BCUT2D eigenvalue weighted by molar-refractivity contribution is -0.352. The Hall–Kier alpha value is -1.40. The fraction of sp³-hybridized carbons (Fsp3) is 1.00. The maximum Gasteiger partial charge on any atom is 0.186 e. The lowest BCUT2D eigenvalue weighted by Gasteiger charge is -2.45. The van der Waals surface area contributed by atoms with E-state index >= 15 is 0 Å². The molecule has 35 nitrogen and oxygen atoms in total. The molecule has 8 aliphatic rings. The van der Waals surface area contributed by atoms with Crippen LogP contribution in [0.1, 0.15) is 0 Å². The molecule has 0 aromatic rings. The lowest BCUT2D eigenvalue weighted by Crippen LogP contribution is -2.63. The van der Waals surface area contributed by atoms with Crippen LogP contribution in [0.4, 0.5) is 0 Å². The van der Waals surface area contributed by atoms with E-state index in [0.717, 1.165) is 0 Å². The topological polar surface area (TPSA) is 554 Å². The predicted molar refractivity (Wildman–Crippen MR) is 228 cm³/mol. The van der Waals surface area contributed by atoms with Crippen molar-refractivity contribution in [2.24, 2.45) is 0 Å². The van der Waals surface area contributed by atoms with Gasteiger partial charge in [-0.25, -0.2) is 0 Å². The Labute approximate surface area is 434 Å². The molecule has 35 atom stereocenters. The lowest BCUT2D eigenvalue weighted by atomic mass is 9.97. The van der Waals surface area contributed by atoms with Crippen molar-refractivity contribution in [1.82, 2.24) is 0 Å². The molecule has 14 bridgehead atoms. The monoisotopic (exact) mass is 1130 g/mol. The van der Waals surface area contributed by atoms with Gasteiger partial charge in [-0.15, -0.1) is 0 Å². The number of fused-ring (bicyclic) bond motifs is 14. The van der Waals surface area contributed by atoms with Crippen LogP contribution in [0.2, 0.25) is 0 Å². The van der Waals surface area contributed by atoms with Crippen LogP contribution in [0.25, 0.3) is 0 Å². The molecule has 0 aliphatic carbocycles. The third-order valence-corrected chi connectivity index (χ3v) is 14.7. The van der Waals surface area contributed by atoms with Gasteiger partial charge in [0, 0.05) is 0 Å². The van der Waals surface area contributed by atoms with E-state index in [-0.39, 0.29) is 0 Å².